The standard InChI is InChI=1S/C13H20O/c1-10(2)11-7-6-8-12(9-11)14-13(3,4)5/h6-10H,1-5H3. The van der Waals surface area contributed by atoms with Crippen LogP contribution < -0.4 is 4.74 Å². The maximum atomic E-state index is 5.79. The third-order valence-electron chi connectivity index (χ3n) is 1.95. The first-order chi connectivity index (χ1) is 6.38. The minimum absolute atomic E-state index is 0.115. The molecule has 0 spiro atoms. The van der Waals surface area contributed by atoms with Crippen LogP contribution in [0.3, 0.4) is 0 Å². The largest absolute Gasteiger partial charge is 0.488 e. The molecule has 0 atom stereocenters. The topological polar surface area (TPSA) is 9.23 Å². The van der Waals surface area contributed by atoms with Crippen LogP contribution in [0.5, 0.6) is 5.75 Å². The molecule has 0 bridgehead atoms. The van der Waals surface area contributed by atoms with E-state index in [1.54, 1.807) is 0 Å². The molecular formula is C13H20O. The summed E-state index contributed by atoms with van der Waals surface area (Å²) in [6, 6.07) is 8.32. The van der Waals surface area contributed by atoms with Crippen LogP contribution in [-0.2, 0) is 0 Å². The number of hydrogen-bond donors (Lipinski definition) is 0. The van der Waals surface area contributed by atoms with Crippen LogP contribution in [0.1, 0.15) is 46.1 Å². The molecule has 1 heteroatoms. The van der Waals surface area contributed by atoms with Crippen LogP contribution in [-0.4, -0.2) is 5.60 Å². The molecule has 0 unspecified atom stereocenters. The lowest BCUT2D eigenvalue weighted by Gasteiger charge is -2.22. The average molecular weight is 192 g/mol. The monoisotopic (exact) mass is 192 g/mol. The van der Waals surface area contributed by atoms with E-state index in [0.717, 1.165) is 5.75 Å². The van der Waals surface area contributed by atoms with Gasteiger partial charge < -0.3 is 4.74 Å². The molecule has 1 aromatic carbocycles. The third-order valence-corrected chi connectivity index (χ3v) is 1.95. The molecule has 0 aliphatic heterocycles. The number of ether oxygens (including phenoxy) is 1. The van der Waals surface area contributed by atoms with Gasteiger partial charge in [-0.3, -0.25) is 0 Å². The molecule has 1 nitrogen and oxygen atoms in total. The molecule has 0 aliphatic carbocycles. The van der Waals surface area contributed by atoms with E-state index in [-0.39, 0.29) is 5.60 Å². The predicted octanol–water partition coefficient (Wildman–Crippen LogP) is 3.99. The number of hydrogen-bond acceptors (Lipinski definition) is 1. The van der Waals surface area contributed by atoms with Crippen molar-refractivity contribution in [3.05, 3.63) is 29.8 Å². The van der Waals surface area contributed by atoms with E-state index in [9.17, 15) is 0 Å². The van der Waals surface area contributed by atoms with Crippen molar-refractivity contribution >= 4 is 0 Å². The Balaban J connectivity index is 2.84. The minimum atomic E-state index is -0.115. The lowest BCUT2D eigenvalue weighted by molar-refractivity contribution is 0.131. The molecule has 1 rings (SSSR count). The van der Waals surface area contributed by atoms with Crippen molar-refractivity contribution in [2.45, 2.75) is 46.1 Å². The Bertz CT molecular complexity index is 294. The van der Waals surface area contributed by atoms with Gasteiger partial charge in [-0.05, 0) is 44.4 Å². The Hall–Kier alpha value is -0.980. The molecule has 0 heterocycles. The van der Waals surface area contributed by atoms with Crippen molar-refractivity contribution < 1.29 is 4.74 Å². The second-order valence-corrected chi connectivity index (χ2v) is 4.94. The van der Waals surface area contributed by atoms with E-state index in [1.807, 2.05) is 6.07 Å². The van der Waals surface area contributed by atoms with Gasteiger partial charge in [0, 0.05) is 0 Å². The molecule has 0 fully saturated rings. The van der Waals surface area contributed by atoms with Crippen LogP contribution in [0.4, 0.5) is 0 Å². The lowest BCUT2D eigenvalue weighted by atomic mass is 10.0. The maximum Gasteiger partial charge on any atom is 0.120 e. The van der Waals surface area contributed by atoms with E-state index in [0.29, 0.717) is 5.92 Å². The van der Waals surface area contributed by atoms with E-state index < -0.39 is 0 Å². The summed E-state index contributed by atoms with van der Waals surface area (Å²) in [5.74, 6) is 1.52. The molecule has 0 saturated carbocycles. The van der Waals surface area contributed by atoms with Gasteiger partial charge in [-0.15, -0.1) is 0 Å². The fourth-order valence-electron chi connectivity index (χ4n) is 1.29. The zero-order chi connectivity index (χ0) is 10.8. The molecular weight excluding hydrogens is 172 g/mol. The smallest absolute Gasteiger partial charge is 0.120 e. The van der Waals surface area contributed by atoms with E-state index in [4.69, 9.17) is 4.74 Å². The van der Waals surface area contributed by atoms with Crippen LogP contribution >= 0.6 is 0 Å². The van der Waals surface area contributed by atoms with Crippen LogP contribution in [0.15, 0.2) is 24.3 Å². The van der Waals surface area contributed by atoms with Crippen molar-refractivity contribution in [2.75, 3.05) is 0 Å². The first-order valence-corrected chi connectivity index (χ1v) is 5.17. The number of rotatable bonds is 2. The van der Waals surface area contributed by atoms with Crippen molar-refractivity contribution in [1.82, 2.24) is 0 Å². The van der Waals surface area contributed by atoms with Crippen LogP contribution in [0.2, 0.25) is 0 Å². The van der Waals surface area contributed by atoms with Crippen LogP contribution in [0.25, 0.3) is 0 Å². The van der Waals surface area contributed by atoms with Gasteiger partial charge in [-0.2, -0.15) is 0 Å². The summed E-state index contributed by atoms with van der Waals surface area (Å²) in [7, 11) is 0. The summed E-state index contributed by atoms with van der Waals surface area (Å²) in [4.78, 5) is 0. The van der Waals surface area contributed by atoms with Gasteiger partial charge in [0.2, 0.25) is 0 Å². The molecule has 1 aromatic rings. The molecule has 0 saturated heterocycles. The SMILES string of the molecule is CC(C)c1cccc(OC(C)(C)C)c1. The normalized spacial score (nSPS) is 11.9. The summed E-state index contributed by atoms with van der Waals surface area (Å²) in [5, 5.41) is 0. The molecule has 78 valence electrons. The maximum absolute atomic E-state index is 5.79. The second-order valence-electron chi connectivity index (χ2n) is 4.94. The second kappa shape index (κ2) is 4.04. The highest BCUT2D eigenvalue weighted by Crippen LogP contribution is 2.23. The van der Waals surface area contributed by atoms with Crippen molar-refractivity contribution in [1.29, 1.82) is 0 Å². The molecule has 0 amide bonds. The lowest BCUT2D eigenvalue weighted by Crippen LogP contribution is -2.22. The van der Waals surface area contributed by atoms with Crippen molar-refractivity contribution in [3.8, 4) is 5.75 Å². The van der Waals surface area contributed by atoms with Crippen molar-refractivity contribution in [3.63, 3.8) is 0 Å². The van der Waals surface area contributed by atoms with E-state index in [1.165, 1.54) is 5.56 Å². The van der Waals surface area contributed by atoms with Gasteiger partial charge in [-0.1, -0.05) is 26.0 Å². The fraction of sp³-hybridized carbons (Fsp3) is 0.538. The molecule has 0 N–H and O–H groups in total. The molecule has 0 radical (unpaired) electrons. The number of benzene rings is 1. The molecule has 0 aromatic heterocycles. The van der Waals surface area contributed by atoms with Gasteiger partial charge in [-0.25, -0.2) is 0 Å². The zero-order valence-corrected chi connectivity index (χ0v) is 9.79. The molecule has 14 heavy (non-hydrogen) atoms. The zero-order valence-electron chi connectivity index (χ0n) is 9.79. The van der Waals surface area contributed by atoms with Crippen molar-refractivity contribution in [2.24, 2.45) is 0 Å². The Morgan fingerprint density at radius 1 is 1.14 bits per heavy atom. The summed E-state index contributed by atoms with van der Waals surface area (Å²) >= 11 is 0. The fourth-order valence-corrected chi connectivity index (χ4v) is 1.29. The summed E-state index contributed by atoms with van der Waals surface area (Å²) in [6.07, 6.45) is 0. The average Bonchev–Trinajstić information content (AvgIpc) is 2.01. The Morgan fingerprint density at radius 3 is 2.29 bits per heavy atom. The first-order valence-electron chi connectivity index (χ1n) is 5.17. The van der Waals surface area contributed by atoms with Gasteiger partial charge in [0.05, 0.1) is 0 Å². The quantitative estimate of drug-likeness (QED) is 0.688. The van der Waals surface area contributed by atoms with Gasteiger partial charge in [0.25, 0.3) is 0 Å². The first kappa shape index (κ1) is 11.1. The Morgan fingerprint density at radius 2 is 1.79 bits per heavy atom. The summed E-state index contributed by atoms with van der Waals surface area (Å²) in [6.45, 7) is 10.6. The predicted molar refractivity (Wildman–Crippen MR) is 60.9 cm³/mol. The third kappa shape index (κ3) is 3.41. The highest BCUT2D eigenvalue weighted by Gasteiger charge is 2.11. The van der Waals surface area contributed by atoms with E-state index >= 15 is 0 Å². The minimum Gasteiger partial charge on any atom is -0.488 e. The Labute approximate surface area is 87.1 Å². The highest BCUT2D eigenvalue weighted by molar-refractivity contribution is 5.30. The summed E-state index contributed by atoms with van der Waals surface area (Å²) < 4.78 is 5.79. The van der Waals surface area contributed by atoms with Gasteiger partial charge >= 0.3 is 0 Å². The van der Waals surface area contributed by atoms with Gasteiger partial charge in [0.1, 0.15) is 11.4 Å². The van der Waals surface area contributed by atoms with Gasteiger partial charge in [0.15, 0.2) is 0 Å². The highest BCUT2D eigenvalue weighted by atomic mass is 16.5. The van der Waals surface area contributed by atoms with Crippen LogP contribution in [0, 0.1) is 0 Å². The Kier molecular flexibility index (Phi) is 3.20. The summed E-state index contributed by atoms with van der Waals surface area (Å²) in [5.41, 5.74) is 1.21. The molecule has 0 aliphatic rings. The van der Waals surface area contributed by atoms with E-state index in [2.05, 4.69) is 52.8 Å².